The van der Waals surface area contributed by atoms with E-state index in [1.54, 1.807) is 6.33 Å². The number of nitrogens with zero attached hydrogens (tertiary/aromatic N) is 7. The number of nitrogens with one attached hydrogen (secondary N) is 2. The first-order chi connectivity index (χ1) is 24.4. The number of hydrogen-bond donors (Lipinski definition) is 2. The molecule has 2 N–H and O–H groups in total. The Morgan fingerprint density at radius 3 is 2.45 bits per heavy atom. The number of hydrogen-bond acceptors (Lipinski definition) is 11. The Balaban J connectivity index is 1.12. The van der Waals surface area contributed by atoms with Gasteiger partial charge in [-0.3, -0.25) is 4.90 Å². The summed E-state index contributed by atoms with van der Waals surface area (Å²) in [5.74, 6) is 1.68. The molecule has 51 heavy (non-hydrogen) atoms. The number of anilines is 3. The number of carbonyl (C=O) groups excluding carboxylic acids is 1. The molecule has 0 radical (unpaired) electrons. The Labute approximate surface area is 302 Å². The minimum Gasteiger partial charge on any atom is -0.444 e. The summed E-state index contributed by atoms with van der Waals surface area (Å²) in [6.45, 7) is 19.1. The summed E-state index contributed by atoms with van der Waals surface area (Å²) in [7, 11) is -1.22. The van der Waals surface area contributed by atoms with Gasteiger partial charge in [-0.05, 0) is 70.0 Å². The monoisotopic (exact) mass is 715 g/mol. The van der Waals surface area contributed by atoms with Gasteiger partial charge in [0.2, 0.25) is 0 Å². The van der Waals surface area contributed by atoms with E-state index in [4.69, 9.17) is 24.2 Å². The molecule has 0 spiro atoms. The van der Waals surface area contributed by atoms with Crippen molar-refractivity contribution < 1.29 is 19.0 Å². The van der Waals surface area contributed by atoms with Gasteiger partial charge in [-0.1, -0.05) is 31.8 Å². The molecule has 1 amide bonds. The molecule has 2 fully saturated rings. The fourth-order valence-electron chi connectivity index (χ4n) is 6.36. The lowest BCUT2D eigenvalue weighted by molar-refractivity contribution is 0.0469. The summed E-state index contributed by atoms with van der Waals surface area (Å²) in [5.41, 5.74) is 4.20. The molecule has 6 rings (SSSR count). The summed E-state index contributed by atoms with van der Waals surface area (Å²) in [4.78, 5) is 35.5. The van der Waals surface area contributed by atoms with Crippen LogP contribution < -0.4 is 15.5 Å². The van der Waals surface area contributed by atoms with Crippen LogP contribution in [-0.4, -0.2) is 101 Å². The van der Waals surface area contributed by atoms with E-state index in [1.807, 2.05) is 33.2 Å². The summed E-state index contributed by atoms with van der Waals surface area (Å²) < 4.78 is 19.5. The quantitative estimate of drug-likeness (QED) is 0.127. The normalized spacial score (nSPS) is 17.5. The van der Waals surface area contributed by atoms with Crippen LogP contribution in [0.25, 0.3) is 22.3 Å². The van der Waals surface area contributed by atoms with Crippen molar-refractivity contribution in [3.63, 3.8) is 0 Å². The molecule has 2 aliphatic rings. The molecular formula is C37H53N9O4Si. The molecular weight excluding hydrogens is 663 g/mol. The fourth-order valence-corrected chi connectivity index (χ4v) is 7.12. The third kappa shape index (κ3) is 10.2. The van der Waals surface area contributed by atoms with E-state index in [0.29, 0.717) is 26.5 Å². The molecule has 14 heteroatoms. The predicted octanol–water partition coefficient (Wildman–Crippen LogP) is 6.27. The number of alkyl carbamates (subject to hydrolysis) is 1. The molecule has 3 aromatic heterocycles. The van der Waals surface area contributed by atoms with Gasteiger partial charge in [-0.25, -0.2) is 24.7 Å². The molecule has 0 saturated carbocycles. The van der Waals surface area contributed by atoms with Crippen LogP contribution in [0.3, 0.4) is 0 Å². The maximum Gasteiger partial charge on any atom is 0.407 e. The number of ether oxygens (including phenoxy) is 3. The molecule has 2 aliphatic heterocycles. The number of rotatable bonds is 12. The van der Waals surface area contributed by atoms with Crippen LogP contribution in [-0.2, 0) is 27.5 Å². The topological polar surface area (TPSA) is 132 Å². The van der Waals surface area contributed by atoms with Gasteiger partial charge in [0.05, 0.1) is 48.9 Å². The van der Waals surface area contributed by atoms with Crippen LogP contribution in [0, 0.1) is 0 Å². The van der Waals surface area contributed by atoms with Gasteiger partial charge >= 0.3 is 6.09 Å². The first-order valence-corrected chi connectivity index (χ1v) is 21.8. The van der Waals surface area contributed by atoms with Crippen molar-refractivity contribution in [1.29, 1.82) is 0 Å². The second-order valence-corrected chi connectivity index (χ2v) is 21.3. The second-order valence-electron chi connectivity index (χ2n) is 15.7. The molecule has 5 heterocycles. The highest BCUT2D eigenvalue weighted by molar-refractivity contribution is 6.76. The molecule has 4 aromatic rings. The van der Waals surface area contributed by atoms with Crippen molar-refractivity contribution >= 4 is 42.4 Å². The number of morpholine rings is 1. The van der Waals surface area contributed by atoms with E-state index >= 15 is 0 Å². The Morgan fingerprint density at radius 2 is 1.75 bits per heavy atom. The summed E-state index contributed by atoms with van der Waals surface area (Å²) in [6.07, 6.45) is 6.84. The van der Waals surface area contributed by atoms with Gasteiger partial charge in [0, 0.05) is 46.0 Å². The standard InChI is InChI=1S/C37H53N9O4Si/c1-37(2,3)50-36(47)43-29-8-7-13-44(23-29)24-33-38-21-30(22-39-33)42-28-11-9-27(10-12-28)32-20-31-34(45-14-16-48-17-15-45)40-25-41-35(31)46(32)26-49-18-19-51(4,5)6/h9-12,20-22,25,29,42H,7-8,13-19,23-24,26H2,1-6H3,(H,43,47)/t29-/m1/s1. The van der Waals surface area contributed by atoms with E-state index < -0.39 is 13.7 Å². The largest absolute Gasteiger partial charge is 0.444 e. The molecule has 0 unspecified atom stereocenters. The van der Waals surface area contributed by atoms with E-state index in [-0.39, 0.29) is 12.1 Å². The second kappa shape index (κ2) is 16.1. The van der Waals surface area contributed by atoms with Crippen LogP contribution in [0.2, 0.25) is 25.7 Å². The minimum atomic E-state index is -1.22. The SMILES string of the molecule is CC(C)(C)OC(=O)N[C@@H]1CCCN(Cc2ncc(Nc3ccc(-c4cc5c(N6CCOCC6)ncnc5n4COCC[Si](C)(C)C)cc3)cn2)C1. The van der Waals surface area contributed by atoms with Crippen LogP contribution in [0.15, 0.2) is 49.1 Å². The third-order valence-corrected chi connectivity index (χ3v) is 10.7. The Morgan fingerprint density at radius 1 is 1.00 bits per heavy atom. The van der Waals surface area contributed by atoms with Crippen LogP contribution in [0.1, 0.15) is 39.4 Å². The number of carbonyl (C=O) groups is 1. The lowest BCUT2D eigenvalue weighted by atomic mass is 10.1. The smallest absolute Gasteiger partial charge is 0.407 e. The Kier molecular flexibility index (Phi) is 11.5. The molecule has 1 atom stereocenters. The highest BCUT2D eigenvalue weighted by atomic mass is 28.3. The highest BCUT2D eigenvalue weighted by Crippen LogP contribution is 2.33. The van der Waals surface area contributed by atoms with Gasteiger partial charge in [-0.2, -0.15) is 0 Å². The number of amides is 1. The van der Waals surface area contributed by atoms with Gasteiger partial charge in [0.15, 0.2) is 0 Å². The number of aromatic nitrogens is 5. The lowest BCUT2D eigenvalue weighted by Gasteiger charge is -2.33. The van der Waals surface area contributed by atoms with Crippen molar-refractivity contribution in [3.05, 3.63) is 54.9 Å². The molecule has 1 aromatic carbocycles. The summed E-state index contributed by atoms with van der Waals surface area (Å²) in [6, 6.07) is 11.7. The minimum absolute atomic E-state index is 0.0426. The maximum atomic E-state index is 12.3. The first kappa shape index (κ1) is 36.7. The van der Waals surface area contributed by atoms with Gasteiger partial charge < -0.3 is 34.3 Å². The average Bonchev–Trinajstić information content (AvgIpc) is 3.46. The fraction of sp³-hybridized carbons (Fsp3) is 0.541. The lowest BCUT2D eigenvalue weighted by Crippen LogP contribution is -2.48. The molecule has 0 bridgehead atoms. The summed E-state index contributed by atoms with van der Waals surface area (Å²) in [5, 5.41) is 7.47. The van der Waals surface area contributed by atoms with Gasteiger partial charge in [0.25, 0.3) is 0 Å². The van der Waals surface area contributed by atoms with Crippen molar-refractivity contribution in [2.75, 3.05) is 56.2 Å². The van der Waals surface area contributed by atoms with Gasteiger partial charge in [0.1, 0.15) is 35.9 Å². The van der Waals surface area contributed by atoms with E-state index in [1.165, 1.54) is 0 Å². The highest BCUT2D eigenvalue weighted by Gasteiger charge is 2.25. The molecule has 0 aliphatic carbocycles. The number of benzene rings is 1. The number of fused-ring (bicyclic) bond motifs is 1. The zero-order valence-electron chi connectivity index (χ0n) is 30.9. The number of piperidine rings is 1. The predicted molar refractivity (Wildman–Crippen MR) is 203 cm³/mol. The van der Waals surface area contributed by atoms with Crippen molar-refractivity contribution in [1.82, 2.24) is 34.7 Å². The van der Waals surface area contributed by atoms with Crippen molar-refractivity contribution in [3.8, 4) is 11.3 Å². The van der Waals surface area contributed by atoms with Crippen LogP contribution >= 0.6 is 0 Å². The molecule has 13 nitrogen and oxygen atoms in total. The van der Waals surface area contributed by atoms with Crippen molar-refractivity contribution in [2.45, 2.75) is 84.2 Å². The first-order valence-electron chi connectivity index (χ1n) is 18.1. The van der Waals surface area contributed by atoms with Crippen LogP contribution in [0.4, 0.5) is 22.0 Å². The van der Waals surface area contributed by atoms with Gasteiger partial charge in [-0.15, -0.1) is 0 Å². The zero-order chi connectivity index (χ0) is 36.0. The van der Waals surface area contributed by atoms with E-state index in [0.717, 1.165) is 97.0 Å². The Bertz CT molecular complexity index is 1750. The Hall–Kier alpha value is -4.11. The van der Waals surface area contributed by atoms with Crippen LogP contribution in [0.5, 0.6) is 0 Å². The molecule has 274 valence electrons. The van der Waals surface area contributed by atoms with E-state index in [9.17, 15) is 4.79 Å². The number of likely N-dealkylation sites (tertiary alicyclic amines) is 1. The average molecular weight is 716 g/mol. The molecule has 2 saturated heterocycles. The van der Waals surface area contributed by atoms with Crippen molar-refractivity contribution in [2.24, 2.45) is 0 Å². The summed E-state index contributed by atoms with van der Waals surface area (Å²) >= 11 is 0. The third-order valence-electron chi connectivity index (χ3n) is 8.96. The maximum absolute atomic E-state index is 12.3. The zero-order valence-corrected chi connectivity index (χ0v) is 31.9. The van der Waals surface area contributed by atoms with E-state index in [2.05, 4.69) is 84.9 Å².